The first-order valence-corrected chi connectivity index (χ1v) is 11.0. The number of aryl methyl sites for hydroxylation is 2. The maximum absolute atomic E-state index is 13.1. The molecule has 0 unspecified atom stereocenters. The molecule has 0 N–H and O–H groups in total. The van der Waals surface area contributed by atoms with E-state index >= 15 is 0 Å². The van der Waals surface area contributed by atoms with Crippen molar-refractivity contribution in [1.29, 1.82) is 0 Å². The molecule has 0 atom stereocenters. The van der Waals surface area contributed by atoms with Crippen LogP contribution in [0.3, 0.4) is 0 Å². The molecule has 1 aliphatic carbocycles. The fourth-order valence-electron chi connectivity index (χ4n) is 4.83. The van der Waals surface area contributed by atoms with Gasteiger partial charge in [0, 0.05) is 25.8 Å². The summed E-state index contributed by atoms with van der Waals surface area (Å²) in [6.07, 6.45) is 11.8. The Hall–Kier alpha value is -2.44. The van der Waals surface area contributed by atoms with E-state index in [4.69, 9.17) is 0 Å². The van der Waals surface area contributed by atoms with Crippen molar-refractivity contribution in [2.24, 2.45) is 14.1 Å². The first-order chi connectivity index (χ1) is 14.0. The van der Waals surface area contributed by atoms with Gasteiger partial charge in [0.25, 0.3) is 5.56 Å². The summed E-state index contributed by atoms with van der Waals surface area (Å²) in [6, 6.07) is 2.50. The summed E-state index contributed by atoms with van der Waals surface area (Å²) in [7, 11) is 3.19. The van der Waals surface area contributed by atoms with E-state index in [1.807, 2.05) is 0 Å². The molecule has 3 aromatic rings. The maximum Gasteiger partial charge on any atom is 0.332 e. The van der Waals surface area contributed by atoms with Crippen LogP contribution in [0.5, 0.6) is 0 Å². The normalized spacial score (nSPS) is 15.6. The third kappa shape index (κ3) is 3.40. The molecule has 0 saturated heterocycles. The fraction of sp³-hybridized carbons (Fsp3) is 0.636. The Morgan fingerprint density at radius 1 is 1.00 bits per heavy atom. The summed E-state index contributed by atoms with van der Waals surface area (Å²) in [4.78, 5) is 25.5. The Kier molecular flexibility index (Phi) is 5.56. The van der Waals surface area contributed by atoms with Crippen molar-refractivity contribution in [3.8, 4) is 0 Å². The summed E-state index contributed by atoms with van der Waals surface area (Å²) in [5.74, 6) is 0. The van der Waals surface area contributed by atoms with E-state index in [-0.39, 0.29) is 11.2 Å². The molecule has 0 amide bonds. The molecule has 7 nitrogen and oxygen atoms in total. The Morgan fingerprint density at radius 2 is 1.76 bits per heavy atom. The van der Waals surface area contributed by atoms with Gasteiger partial charge in [0.2, 0.25) is 0 Å². The highest BCUT2D eigenvalue weighted by Crippen LogP contribution is 2.35. The molecule has 29 heavy (non-hydrogen) atoms. The lowest BCUT2D eigenvalue weighted by Gasteiger charge is -2.27. The van der Waals surface area contributed by atoms with E-state index in [1.54, 1.807) is 7.05 Å². The quantitative estimate of drug-likeness (QED) is 0.596. The van der Waals surface area contributed by atoms with Gasteiger partial charge in [-0.2, -0.15) is 0 Å². The van der Waals surface area contributed by atoms with Crippen LogP contribution in [0.4, 0.5) is 0 Å². The lowest BCUT2D eigenvalue weighted by molar-refractivity contribution is 0.354. The van der Waals surface area contributed by atoms with E-state index < -0.39 is 0 Å². The molecule has 0 aromatic carbocycles. The van der Waals surface area contributed by atoms with Gasteiger partial charge in [0.05, 0.1) is 5.52 Å². The van der Waals surface area contributed by atoms with Gasteiger partial charge in [-0.15, -0.1) is 10.2 Å². The number of nitrogens with zero attached hydrogens (tertiary/aromatic N) is 5. The van der Waals surface area contributed by atoms with Crippen LogP contribution in [0.1, 0.15) is 76.4 Å². The van der Waals surface area contributed by atoms with Crippen LogP contribution >= 0.6 is 0 Å². The second-order valence-corrected chi connectivity index (χ2v) is 8.45. The van der Waals surface area contributed by atoms with E-state index in [2.05, 4.69) is 27.8 Å². The average molecular weight is 398 g/mol. The number of unbranched alkanes of at least 4 members (excludes halogenated alkanes) is 3. The van der Waals surface area contributed by atoms with Gasteiger partial charge in [0.1, 0.15) is 10.9 Å². The minimum absolute atomic E-state index is 0.282. The van der Waals surface area contributed by atoms with Crippen molar-refractivity contribution in [2.45, 2.75) is 77.2 Å². The van der Waals surface area contributed by atoms with Crippen molar-refractivity contribution in [2.75, 3.05) is 0 Å². The molecular weight excluding hydrogens is 366 g/mol. The van der Waals surface area contributed by atoms with Crippen LogP contribution in [0.15, 0.2) is 15.7 Å². The van der Waals surface area contributed by atoms with E-state index in [0.717, 1.165) is 36.7 Å². The lowest BCUT2D eigenvalue weighted by atomic mass is 9.94. The number of fused-ring (bicyclic) bond motifs is 3. The number of rotatable bonds is 6. The van der Waals surface area contributed by atoms with Gasteiger partial charge >= 0.3 is 5.69 Å². The molecule has 0 radical (unpaired) electrons. The molecule has 1 saturated carbocycles. The van der Waals surface area contributed by atoms with Crippen molar-refractivity contribution in [3.63, 3.8) is 0 Å². The Bertz CT molecular complexity index is 1150. The third-order valence-electron chi connectivity index (χ3n) is 6.45. The molecule has 0 aliphatic heterocycles. The molecule has 4 rings (SSSR count). The van der Waals surface area contributed by atoms with Crippen LogP contribution in [0.2, 0.25) is 0 Å². The molecule has 3 aromatic heterocycles. The lowest BCUT2D eigenvalue weighted by Crippen LogP contribution is -2.37. The molecule has 3 heterocycles. The van der Waals surface area contributed by atoms with E-state index in [0.29, 0.717) is 17.1 Å². The second-order valence-electron chi connectivity index (χ2n) is 8.45. The number of hydrogen-bond acceptors (Lipinski definition) is 4. The predicted molar refractivity (Wildman–Crippen MR) is 115 cm³/mol. The second kappa shape index (κ2) is 8.13. The molecule has 1 aliphatic rings. The monoisotopic (exact) mass is 397 g/mol. The number of aromatic nitrogens is 5. The van der Waals surface area contributed by atoms with Crippen LogP contribution in [-0.4, -0.2) is 23.9 Å². The van der Waals surface area contributed by atoms with Gasteiger partial charge in [-0.1, -0.05) is 45.4 Å². The smallest absolute Gasteiger partial charge is 0.332 e. The third-order valence-corrected chi connectivity index (χ3v) is 6.45. The number of hydrogen-bond donors (Lipinski definition) is 0. The molecular formula is C22H31N5O2. The van der Waals surface area contributed by atoms with E-state index in [9.17, 15) is 9.59 Å². The minimum Gasteiger partial charge on any atom is -0.339 e. The molecule has 7 heteroatoms. The average Bonchev–Trinajstić information content (AvgIpc) is 3.12. The van der Waals surface area contributed by atoms with Crippen molar-refractivity contribution < 1.29 is 0 Å². The van der Waals surface area contributed by atoms with Crippen molar-refractivity contribution >= 4 is 22.1 Å². The summed E-state index contributed by atoms with van der Waals surface area (Å²) in [5.41, 5.74) is 2.61. The Labute approximate surface area is 170 Å². The van der Waals surface area contributed by atoms with Gasteiger partial charge < -0.3 is 4.57 Å². The summed E-state index contributed by atoms with van der Waals surface area (Å²) >= 11 is 0. The first kappa shape index (κ1) is 19.9. The zero-order valence-corrected chi connectivity index (χ0v) is 17.8. The summed E-state index contributed by atoms with van der Waals surface area (Å²) < 4.78 is 4.99. The Balaban J connectivity index is 1.98. The van der Waals surface area contributed by atoms with Crippen LogP contribution in [0, 0.1) is 0 Å². The minimum atomic E-state index is -0.369. The molecule has 156 valence electrons. The fourth-order valence-corrected chi connectivity index (χ4v) is 4.83. The topological polar surface area (TPSA) is 74.7 Å². The summed E-state index contributed by atoms with van der Waals surface area (Å²) in [5, 5.41) is 9.21. The molecule has 0 bridgehead atoms. The maximum atomic E-state index is 13.1. The van der Waals surface area contributed by atoms with Crippen molar-refractivity contribution in [3.05, 3.63) is 32.6 Å². The SMILES string of the molecule is CCCCCCc1cc2nnc3c(c(=O)n(C)c(=O)n3C)c2n1C1CCCCC1. The highest BCUT2D eigenvalue weighted by atomic mass is 16.2. The molecule has 0 spiro atoms. The predicted octanol–water partition coefficient (Wildman–Crippen LogP) is 3.61. The van der Waals surface area contributed by atoms with Crippen LogP contribution in [-0.2, 0) is 20.5 Å². The largest absolute Gasteiger partial charge is 0.339 e. The zero-order valence-electron chi connectivity index (χ0n) is 17.8. The highest BCUT2D eigenvalue weighted by Gasteiger charge is 2.24. The van der Waals surface area contributed by atoms with Gasteiger partial charge in [-0.25, -0.2) is 4.79 Å². The zero-order chi connectivity index (χ0) is 20.5. The van der Waals surface area contributed by atoms with Crippen LogP contribution in [0.25, 0.3) is 22.1 Å². The van der Waals surface area contributed by atoms with Gasteiger partial charge in [0.15, 0.2) is 5.65 Å². The van der Waals surface area contributed by atoms with E-state index in [1.165, 1.54) is 60.4 Å². The molecule has 1 fully saturated rings. The van der Waals surface area contributed by atoms with Crippen molar-refractivity contribution in [1.82, 2.24) is 23.9 Å². The van der Waals surface area contributed by atoms with Gasteiger partial charge in [-0.05, 0) is 31.7 Å². The Morgan fingerprint density at radius 3 is 2.48 bits per heavy atom. The standard InChI is InChI=1S/C22H31N5O2/c1-4-5-6-8-13-16-14-17-19(27(16)15-11-9-7-10-12-15)18-20(24-23-17)25(2)22(29)26(3)21(18)28/h14-15H,4-13H2,1-3H3. The first-order valence-electron chi connectivity index (χ1n) is 11.0. The van der Waals surface area contributed by atoms with Crippen LogP contribution < -0.4 is 11.2 Å². The summed E-state index contributed by atoms with van der Waals surface area (Å²) in [6.45, 7) is 2.22. The van der Waals surface area contributed by atoms with Gasteiger partial charge in [-0.3, -0.25) is 13.9 Å². The highest BCUT2D eigenvalue weighted by molar-refractivity contribution is 6.00.